The summed E-state index contributed by atoms with van der Waals surface area (Å²) < 4.78 is 1.16. The van der Waals surface area contributed by atoms with E-state index in [1.54, 1.807) is 23.1 Å². The Balaban J connectivity index is 2.83. The molecule has 0 aliphatic rings. The summed E-state index contributed by atoms with van der Waals surface area (Å²) >= 11 is 3.34. The number of phenolic OH excluding ortho intramolecular Hbond substituents is 1. The molecule has 13 heavy (non-hydrogen) atoms. The Morgan fingerprint density at radius 3 is 2.92 bits per heavy atom. The summed E-state index contributed by atoms with van der Waals surface area (Å²) in [5.41, 5.74) is 0.985. The Hall–Kier alpha value is -0.670. The predicted molar refractivity (Wildman–Crippen MR) is 60.0 cm³/mol. The number of aromatic hydroxyl groups is 1. The lowest BCUT2D eigenvalue weighted by Crippen LogP contribution is -1.80. The normalized spacial score (nSPS) is 10.9. The molecule has 0 amide bonds. The Kier molecular flexibility index (Phi) is 2.22. The molecule has 3 heteroatoms. The van der Waals surface area contributed by atoms with Gasteiger partial charge in [-0.25, -0.2) is 0 Å². The largest absolute Gasteiger partial charge is 0.507 e. The maximum absolute atomic E-state index is 9.85. The maximum Gasteiger partial charge on any atom is 0.128 e. The average molecular weight is 210 g/mol. The van der Waals surface area contributed by atoms with E-state index >= 15 is 0 Å². The smallest absolute Gasteiger partial charge is 0.128 e. The van der Waals surface area contributed by atoms with Crippen molar-refractivity contribution >= 4 is 33.2 Å². The van der Waals surface area contributed by atoms with Crippen molar-refractivity contribution in [2.75, 3.05) is 6.26 Å². The number of hydrogen-bond donors (Lipinski definition) is 1. The molecule has 1 heterocycles. The number of fused-ring (bicyclic) bond motifs is 1. The highest BCUT2D eigenvalue weighted by atomic mass is 32.2. The molecule has 1 nitrogen and oxygen atoms in total. The van der Waals surface area contributed by atoms with Crippen molar-refractivity contribution in [1.29, 1.82) is 0 Å². The molecule has 2 rings (SSSR count). The molecule has 0 spiro atoms. The highest BCUT2D eigenvalue weighted by Crippen LogP contribution is 2.37. The topological polar surface area (TPSA) is 20.2 Å². The van der Waals surface area contributed by atoms with E-state index in [4.69, 9.17) is 0 Å². The molecule has 1 aromatic heterocycles. The van der Waals surface area contributed by atoms with E-state index in [-0.39, 0.29) is 0 Å². The Morgan fingerprint density at radius 1 is 1.46 bits per heavy atom. The van der Waals surface area contributed by atoms with Crippen molar-refractivity contribution in [2.24, 2.45) is 0 Å². The van der Waals surface area contributed by atoms with Crippen LogP contribution < -0.4 is 0 Å². The molecule has 1 N–H and O–H groups in total. The van der Waals surface area contributed by atoms with Crippen molar-refractivity contribution in [3.05, 3.63) is 23.1 Å². The Bertz CT molecular complexity index is 445. The van der Waals surface area contributed by atoms with Gasteiger partial charge in [0, 0.05) is 20.5 Å². The van der Waals surface area contributed by atoms with Crippen LogP contribution >= 0.6 is 23.1 Å². The van der Waals surface area contributed by atoms with Gasteiger partial charge in [0.1, 0.15) is 5.75 Å². The molecule has 0 bridgehead atoms. The van der Waals surface area contributed by atoms with Crippen LogP contribution in [0.2, 0.25) is 0 Å². The second kappa shape index (κ2) is 3.24. The molecular formula is C10H10OS2. The summed E-state index contributed by atoms with van der Waals surface area (Å²) in [6.45, 7) is 1.96. The molecule has 0 atom stereocenters. The molecular weight excluding hydrogens is 200 g/mol. The van der Waals surface area contributed by atoms with Gasteiger partial charge in [0.2, 0.25) is 0 Å². The second-order valence-electron chi connectivity index (χ2n) is 2.88. The summed E-state index contributed by atoms with van der Waals surface area (Å²) in [5, 5.41) is 12.8. The lowest BCUT2D eigenvalue weighted by atomic mass is 10.1. The van der Waals surface area contributed by atoms with Crippen molar-refractivity contribution in [1.82, 2.24) is 0 Å². The average Bonchev–Trinajstić information content (AvgIpc) is 2.59. The van der Waals surface area contributed by atoms with Crippen molar-refractivity contribution in [2.45, 2.75) is 11.8 Å². The van der Waals surface area contributed by atoms with E-state index < -0.39 is 0 Å². The number of rotatable bonds is 1. The first kappa shape index (κ1) is 8.91. The summed E-state index contributed by atoms with van der Waals surface area (Å²) in [6, 6.07) is 4.10. The van der Waals surface area contributed by atoms with Crippen LogP contribution in [0.4, 0.5) is 0 Å². The van der Waals surface area contributed by atoms with Crippen LogP contribution in [-0.2, 0) is 0 Å². The van der Waals surface area contributed by atoms with Gasteiger partial charge in [0.15, 0.2) is 0 Å². The van der Waals surface area contributed by atoms with Crippen LogP contribution in [0.1, 0.15) is 5.56 Å². The Morgan fingerprint density at radius 2 is 2.23 bits per heavy atom. The third-order valence-corrected chi connectivity index (χ3v) is 3.88. The molecule has 68 valence electrons. The standard InChI is InChI=1S/C10H10OS2/c1-6-8(12-2)5-9-7(10(6)11)3-4-13-9/h3-5,11H,1-2H3. The zero-order valence-corrected chi connectivity index (χ0v) is 9.13. The van der Waals surface area contributed by atoms with Gasteiger partial charge in [-0.3, -0.25) is 0 Å². The quantitative estimate of drug-likeness (QED) is 0.725. The third kappa shape index (κ3) is 1.32. The first-order valence-electron chi connectivity index (χ1n) is 3.98. The van der Waals surface area contributed by atoms with Gasteiger partial charge in [-0.2, -0.15) is 0 Å². The van der Waals surface area contributed by atoms with E-state index in [1.165, 1.54) is 0 Å². The molecule has 0 fully saturated rings. The summed E-state index contributed by atoms with van der Waals surface area (Å²) in [7, 11) is 0. The minimum Gasteiger partial charge on any atom is -0.507 e. The highest BCUT2D eigenvalue weighted by Gasteiger charge is 2.08. The molecule has 0 saturated carbocycles. The fourth-order valence-corrected chi connectivity index (χ4v) is 2.93. The zero-order valence-electron chi connectivity index (χ0n) is 7.50. The Labute approximate surface area is 85.4 Å². The van der Waals surface area contributed by atoms with Gasteiger partial charge in [-0.1, -0.05) is 0 Å². The minimum absolute atomic E-state index is 0.433. The predicted octanol–water partition coefficient (Wildman–Crippen LogP) is 3.64. The van der Waals surface area contributed by atoms with Crippen molar-refractivity contribution < 1.29 is 5.11 Å². The van der Waals surface area contributed by atoms with Crippen LogP contribution in [0.5, 0.6) is 5.75 Å². The third-order valence-electron chi connectivity index (χ3n) is 2.16. The van der Waals surface area contributed by atoms with Gasteiger partial charge < -0.3 is 5.11 Å². The van der Waals surface area contributed by atoms with E-state index in [1.807, 2.05) is 24.6 Å². The van der Waals surface area contributed by atoms with Crippen LogP contribution in [0.3, 0.4) is 0 Å². The van der Waals surface area contributed by atoms with Crippen molar-refractivity contribution in [3.8, 4) is 5.75 Å². The van der Waals surface area contributed by atoms with E-state index in [9.17, 15) is 5.11 Å². The summed E-state index contributed by atoms with van der Waals surface area (Å²) in [5.74, 6) is 0.433. The number of phenols is 1. The molecule has 0 aliphatic carbocycles. The zero-order chi connectivity index (χ0) is 9.42. The first-order valence-corrected chi connectivity index (χ1v) is 6.08. The van der Waals surface area contributed by atoms with Crippen LogP contribution in [0.25, 0.3) is 10.1 Å². The number of hydrogen-bond acceptors (Lipinski definition) is 3. The first-order chi connectivity index (χ1) is 6.24. The molecule has 0 saturated heterocycles. The van der Waals surface area contributed by atoms with Gasteiger partial charge in [0.25, 0.3) is 0 Å². The fraction of sp³-hybridized carbons (Fsp3) is 0.200. The monoisotopic (exact) mass is 210 g/mol. The van der Waals surface area contributed by atoms with Gasteiger partial charge in [0.05, 0.1) is 0 Å². The van der Waals surface area contributed by atoms with Gasteiger partial charge in [-0.15, -0.1) is 23.1 Å². The lowest BCUT2D eigenvalue weighted by Gasteiger charge is -2.05. The van der Waals surface area contributed by atoms with Gasteiger partial charge in [-0.05, 0) is 30.7 Å². The molecule has 0 unspecified atom stereocenters. The van der Waals surface area contributed by atoms with Crippen LogP contribution in [0, 0.1) is 6.92 Å². The summed E-state index contributed by atoms with van der Waals surface area (Å²) in [6.07, 6.45) is 2.03. The lowest BCUT2D eigenvalue weighted by molar-refractivity contribution is 0.476. The summed E-state index contributed by atoms with van der Waals surface area (Å²) in [4.78, 5) is 1.16. The molecule has 2 aromatic rings. The van der Waals surface area contributed by atoms with Crippen LogP contribution in [0.15, 0.2) is 22.4 Å². The fourth-order valence-electron chi connectivity index (χ4n) is 1.39. The highest BCUT2D eigenvalue weighted by molar-refractivity contribution is 7.98. The van der Waals surface area contributed by atoms with Crippen LogP contribution in [-0.4, -0.2) is 11.4 Å². The SMILES string of the molecule is CSc1cc2sccc2c(O)c1C. The minimum atomic E-state index is 0.433. The van der Waals surface area contributed by atoms with Crippen molar-refractivity contribution in [3.63, 3.8) is 0 Å². The number of thioether (sulfide) groups is 1. The maximum atomic E-state index is 9.85. The van der Waals surface area contributed by atoms with Gasteiger partial charge >= 0.3 is 0 Å². The molecule has 0 aliphatic heterocycles. The molecule has 0 radical (unpaired) electrons. The van der Waals surface area contributed by atoms with E-state index in [0.29, 0.717) is 5.75 Å². The number of thiophene rings is 1. The second-order valence-corrected chi connectivity index (χ2v) is 4.68. The molecule has 1 aromatic carbocycles. The van der Waals surface area contributed by atoms with E-state index in [2.05, 4.69) is 6.07 Å². The van der Waals surface area contributed by atoms with E-state index in [0.717, 1.165) is 20.5 Å². The number of benzene rings is 1.